The minimum Gasteiger partial charge on any atom is -0.481 e. The van der Waals surface area contributed by atoms with Crippen LogP contribution in [0.1, 0.15) is 17.5 Å². The van der Waals surface area contributed by atoms with Gasteiger partial charge in [-0.15, -0.1) is 0 Å². The Hall–Kier alpha value is -1.97. The molecule has 0 fully saturated rings. The average Bonchev–Trinajstić information content (AvgIpc) is 2.34. The third kappa shape index (κ3) is 4.50. The number of nitrogens with one attached hydrogen (secondary N) is 2. The SMILES string of the molecule is CS(=O)(=O)Nc1cc(CC(=O)O)cc2c1NC(C(F)(F)F)CC2. The van der Waals surface area contributed by atoms with E-state index in [1.807, 2.05) is 0 Å². The van der Waals surface area contributed by atoms with Crippen LogP contribution in [0.5, 0.6) is 0 Å². The number of hydrogen-bond donors (Lipinski definition) is 3. The molecule has 10 heteroatoms. The summed E-state index contributed by atoms with van der Waals surface area (Å²) < 4.78 is 63.6. The van der Waals surface area contributed by atoms with Crippen LogP contribution >= 0.6 is 0 Å². The molecule has 0 aliphatic carbocycles. The number of carboxylic acids is 1. The number of carbonyl (C=O) groups is 1. The van der Waals surface area contributed by atoms with E-state index in [2.05, 4.69) is 10.0 Å². The minimum atomic E-state index is -4.46. The maximum Gasteiger partial charge on any atom is 0.408 e. The Morgan fingerprint density at radius 3 is 2.61 bits per heavy atom. The highest BCUT2D eigenvalue weighted by Gasteiger charge is 2.41. The third-order valence-corrected chi connectivity index (χ3v) is 3.94. The molecule has 1 aromatic rings. The van der Waals surface area contributed by atoms with Gasteiger partial charge >= 0.3 is 12.1 Å². The number of fused-ring (bicyclic) bond motifs is 1. The molecule has 1 aromatic carbocycles. The van der Waals surface area contributed by atoms with Crippen LogP contribution in [0.25, 0.3) is 0 Å². The maximum atomic E-state index is 12.9. The Labute approximate surface area is 130 Å². The number of benzene rings is 1. The lowest BCUT2D eigenvalue weighted by Crippen LogP contribution is -2.39. The molecule has 0 amide bonds. The number of alkyl halides is 3. The van der Waals surface area contributed by atoms with Crippen molar-refractivity contribution in [3.8, 4) is 0 Å². The van der Waals surface area contributed by atoms with Crippen LogP contribution in [0, 0.1) is 0 Å². The zero-order valence-corrected chi connectivity index (χ0v) is 12.9. The molecular weight excluding hydrogens is 337 g/mol. The number of aryl methyl sites for hydroxylation is 1. The maximum absolute atomic E-state index is 12.9. The van der Waals surface area contributed by atoms with Gasteiger partial charge in [0.1, 0.15) is 6.04 Å². The highest BCUT2D eigenvalue weighted by molar-refractivity contribution is 7.92. The summed E-state index contributed by atoms with van der Waals surface area (Å²) in [5, 5.41) is 11.1. The average molecular weight is 352 g/mol. The van der Waals surface area contributed by atoms with Crippen molar-refractivity contribution < 1.29 is 31.5 Å². The molecule has 1 heterocycles. The minimum absolute atomic E-state index is 0.0399. The van der Waals surface area contributed by atoms with Gasteiger partial charge in [-0.3, -0.25) is 9.52 Å². The summed E-state index contributed by atoms with van der Waals surface area (Å²) in [7, 11) is -3.73. The van der Waals surface area contributed by atoms with Crippen molar-refractivity contribution in [2.75, 3.05) is 16.3 Å². The summed E-state index contributed by atoms with van der Waals surface area (Å²) in [6, 6.07) is 0.941. The molecule has 1 aliphatic heterocycles. The molecule has 1 aliphatic rings. The molecule has 23 heavy (non-hydrogen) atoms. The first-order chi connectivity index (χ1) is 10.5. The van der Waals surface area contributed by atoms with Gasteiger partial charge in [-0.2, -0.15) is 13.2 Å². The summed E-state index contributed by atoms with van der Waals surface area (Å²) in [5.74, 6) is -1.12. The van der Waals surface area contributed by atoms with Gasteiger partial charge in [0.25, 0.3) is 0 Å². The molecule has 1 unspecified atom stereocenters. The zero-order chi connectivity index (χ0) is 17.4. The second-order valence-corrected chi connectivity index (χ2v) is 7.15. The third-order valence-electron chi connectivity index (χ3n) is 3.35. The fourth-order valence-electron chi connectivity index (χ4n) is 2.48. The standard InChI is InChI=1S/C13H15F3N2O4S/c1-23(21,22)18-9-5-7(6-11(19)20)4-8-2-3-10(13(14,15)16)17-12(8)9/h4-5,10,17-18H,2-3,6H2,1H3,(H,19,20). The van der Waals surface area contributed by atoms with Crippen LogP contribution in [0.15, 0.2) is 12.1 Å². The van der Waals surface area contributed by atoms with Crippen molar-refractivity contribution in [3.63, 3.8) is 0 Å². The molecule has 6 nitrogen and oxygen atoms in total. The molecule has 1 atom stereocenters. The largest absolute Gasteiger partial charge is 0.481 e. The predicted molar refractivity (Wildman–Crippen MR) is 78.0 cm³/mol. The van der Waals surface area contributed by atoms with Gasteiger partial charge in [0.05, 0.1) is 24.1 Å². The molecule has 0 spiro atoms. The van der Waals surface area contributed by atoms with E-state index in [0.29, 0.717) is 11.1 Å². The Kier molecular flexibility index (Phi) is 4.47. The fourth-order valence-corrected chi connectivity index (χ4v) is 3.04. The number of carboxylic acid groups (broad SMARTS) is 1. The normalized spacial score (nSPS) is 18.0. The Balaban J connectivity index is 2.47. The van der Waals surface area contributed by atoms with Crippen molar-refractivity contribution in [2.24, 2.45) is 0 Å². The number of hydrogen-bond acceptors (Lipinski definition) is 4. The monoisotopic (exact) mass is 352 g/mol. The van der Waals surface area contributed by atoms with Gasteiger partial charge in [-0.25, -0.2) is 8.42 Å². The van der Waals surface area contributed by atoms with Gasteiger partial charge < -0.3 is 10.4 Å². The molecule has 0 bridgehead atoms. The van der Waals surface area contributed by atoms with E-state index < -0.39 is 28.2 Å². The highest BCUT2D eigenvalue weighted by atomic mass is 32.2. The van der Waals surface area contributed by atoms with Crippen LogP contribution in [-0.4, -0.2) is 38.0 Å². The van der Waals surface area contributed by atoms with Gasteiger partial charge in [0, 0.05) is 0 Å². The molecule has 0 saturated carbocycles. The fraction of sp³-hybridized carbons (Fsp3) is 0.462. The van der Waals surface area contributed by atoms with Crippen LogP contribution in [0.3, 0.4) is 0 Å². The number of sulfonamides is 1. The molecule has 3 N–H and O–H groups in total. The molecule has 0 aromatic heterocycles. The molecule has 2 rings (SSSR count). The quantitative estimate of drug-likeness (QED) is 0.770. The number of anilines is 2. The van der Waals surface area contributed by atoms with E-state index in [0.717, 1.165) is 6.26 Å². The smallest absolute Gasteiger partial charge is 0.408 e. The van der Waals surface area contributed by atoms with Crippen molar-refractivity contribution >= 4 is 27.4 Å². The Bertz CT molecular complexity index is 731. The van der Waals surface area contributed by atoms with Crippen molar-refractivity contribution in [2.45, 2.75) is 31.5 Å². The predicted octanol–water partition coefficient (Wildman–Crippen LogP) is 1.97. The molecule has 128 valence electrons. The van der Waals surface area contributed by atoms with Gasteiger partial charge in [-0.05, 0) is 30.0 Å². The lowest BCUT2D eigenvalue weighted by atomic mass is 9.94. The Morgan fingerprint density at radius 2 is 2.09 bits per heavy atom. The second-order valence-electron chi connectivity index (χ2n) is 5.40. The first-order valence-electron chi connectivity index (χ1n) is 6.64. The van der Waals surface area contributed by atoms with Crippen LogP contribution in [0.4, 0.5) is 24.5 Å². The molecular formula is C13H15F3N2O4S. The summed E-state index contributed by atoms with van der Waals surface area (Å²) in [6.45, 7) is 0. The first kappa shape index (κ1) is 17.4. The summed E-state index contributed by atoms with van der Waals surface area (Å²) >= 11 is 0. The topological polar surface area (TPSA) is 95.5 Å². The van der Waals surface area contributed by atoms with Gasteiger partial charge in [0.2, 0.25) is 10.0 Å². The van der Waals surface area contributed by atoms with E-state index in [4.69, 9.17) is 5.11 Å². The van der Waals surface area contributed by atoms with E-state index >= 15 is 0 Å². The molecule has 0 radical (unpaired) electrons. The lowest BCUT2D eigenvalue weighted by molar-refractivity contribution is -0.144. The van der Waals surface area contributed by atoms with E-state index in [1.54, 1.807) is 0 Å². The lowest BCUT2D eigenvalue weighted by Gasteiger charge is -2.30. The summed E-state index contributed by atoms with van der Waals surface area (Å²) in [5.41, 5.74) is 0.735. The Morgan fingerprint density at radius 1 is 1.43 bits per heavy atom. The number of rotatable bonds is 4. The summed E-state index contributed by atoms with van der Waals surface area (Å²) in [4.78, 5) is 10.8. The highest BCUT2D eigenvalue weighted by Crippen LogP contribution is 2.38. The first-order valence-corrected chi connectivity index (χ1v) is 8.53. The number of aliphatic carboxylic acids is 1. The summed E-state index contributed by atoms with van der Waals surface area (Å²) in [6.07, 6.45) is -4.08. The van der Waals surface area contributed by atoms with E-state index in [9.17, 15) is 26.4 Å². The van der Waals surface area contributed by atoms with Gasteiger partial charge in [-0.1, -0.05) is 6.07 Å². The van der Waals surface area contributed by atoms with E-state index in [-0.39, 0.29) is 30.6 Å². The van der Waals surface area contributed by atoms with Crippen molar-refractivity contribution in [1.82, 2.24) is 0 Å². The second kappa shape index (κ2) is 5.91. The van der Waals surface area contributed by atoms with Crippen LogP contribution < -0.4 is 10.0 Å². The zero-order valence-electron chi connectivity index (χ0n) is 12.1. The molecule has 0 saturated heterocycles. The number of halogens is 3. The van der Waals surface area contributed by atoms with Gasteiger partial charge in [0.15, 0.2) is 0 Å². The van der Waals surface area contributed by atoms with Crippen molar-refractivity contribution in [1.29, 1.82) is 0 Å². The van der Waals surface area contributed by atoms with Crippen LogP contribution in [-0.2, 0) is 27.7 Å². The van der Waals surface area contributed by atoms with Crippen molar-refractivity contribution in [3.05, 3.63) is 23.3 Å². The van der Waals surface area contributed by atoms with Crippen LogP contribution in [0.2, 0.25) is 0 Å². The van der Waals surface area contributed by atoms with E-state index in [1.165, 1.54) is 12.1 Å².